The minimum absolute atomic E-state index is 0.00656. The Morgan fingerprint density at radius 2 is 1.58 bits per heavy atom. The molecule has 0 aromatic heterocycles. The normalized spacial score (nSPS) is 11.2. The second kappa shape index (κ2) is 9.40. The maximum Gasteiger partial charge on any atom is 0.244 e. The van der Waals surface area contributed by atoms with Gasteiger partial charge < -0.3 is 14.2 Å². The summed E-state index contributed by atoms with van der Waals surface area (Å²) in [5.41, 5.74) is 0. The molecular weight excluding hydrogens is 361 g/mol. The molecule has 0 fully saturated rings. The number of rotatable bonds is 10. The van der Waals surface area contributed by atoms with Crippen molar-refractivity contribution in [3.8, 4) is 17.2 Å². The van der Waals surface area contributed by atoms with Gasteiger partial charge in [0.2, 0.25) is 10.0 Å². The van der Waals surface area contributed by atoms with E-state index in [1.54, 1.807) is 19.1 Å². The molecule has 2 rings (SSSR count). The Morgan fingerprint density at radius 3 is 2.23 bits per heavy atom. The van der Waals surface area contributed by atoms with Gasteiger partial charge in [-0.25, -0.2) is 17.5 Å². The number of nitrogens with one attached hydrogen (secondary N) is 1. The molecule has 2 aromatic rings. The standard InChI is InChI=1S/C18H22FNO5S/c1-3-23-16-9-10-17(24-4-2)18(13-16)26(21,22)20-11-12-25-15-7-5-14(19)6-8-15/h5-10,13,20H,3-4,11-12H2,1-2H3. The molecule has 0 saturated heterocycles. The van der Waals surface area contributed by atoms with E-state index in [0.29, 0.717) is 24.7 Å². The predicted molar refractivity (Wildman–Crippen MR) is 95.9 cm³/mol. The van der Waals surface area contributed by atoms with Crippen LogP contribution in [0.4, 0.5) is 4.39 Å². The fourth-order valence-electron chi connectivity index (χ4n) is 2.18. The van der Waals surface area contributed by atoms with Crippen molar-refractivity contribution in [1.82, 2.24) is 4.72 Å². The summed E-state index contributed by atoms with van der Waals surface area (Å²) in [6.45, 7) is 4.49. The quantitative estimate of drug-likeness (QED) is 0.639. The van der Waals surface area contributed by atoms with Crippen molar-refractivity contribution in [3.63, 3.8) is 0 Å². The highest BCUT2D eigenvalue weighted by Crippen LogP contribution is 2.28. The van der Waals surface area contributed by atoms with Crippen LogP contribution in [0.2, 0.25) is 0 Å². The molecule has 26 heavy (non-hydrogen) atoms. The average molecular weight is 383 g/mol. The van der Waals surface area contributed by atoms with E-state index in [2.05, 4.69) is 4.72 Å². The van der Waals surface area contributed by atoms with Gasteiger partial charge in [-0.2, -0.15) is 0 Å². The van der Waals surface area contributed by atoms with Crippen molar-refractivity contribution in [3.05, 3.63) is 48.3 Å². The first-order valence-corrected chi connectivity index (χ1v) is 9.72. The zero-order valence-electron chi connectivity index (χ0n) is 14.7. The van der Waals surface area contributed by atoms with Gasteiger partial charge in [0.25, 0.3) is 0 Å². The maximum absolute atomic E-state index is 12.8. The second-order valence-corrected chi connectivity index (χ2v) is 6.91. The molecule has 0 saturated carbocycles. The molecule has 8 heteroatoms. The Bertz CT molecular complexity index is 809. The molecule has 0 heterocycles. The second-order valence-electron chi connectivity index (χ2n) is 5.17. The fourth-order valence-corrected chi connectivity index (χ4v) is 3.35. The molecule has 2 aromatic carbocycles. The van der Waals surface area contributed by atoms with Gasteiger partial charge >= 0.3 is 0 Å². The van der Waals surface area contributed by atoms with Crippen LogP contribution in [0.25, 0.3) is 0 Å². The van der Waals surface area contributed by atoms with Crippen LogP contribution in [0.1, 0.15) is 13.8 Å². The lowest BCUT2D eigenvalue weighted by atomic mass is 10.3. The molecule has 0 aliphatic heterocycles. The summed E-state index contributed by atoms with van der Waals surface area (Å²) < 4.78 is 56.6. The van der Waals surface area contributed by atoms with Gasteiger partial charge in [0.05, 0.1) is 13.2 Å². The summed E-state index contributed by atoms with van der Waals surface area (Å²) in [5, 5.41) is 0. The van der Waals surface area contributed by atoms with Gasteiger partial charge in [0, 0.05) is 12.6 Å². The lowest BCUT2D eigenvalue weighted by Gasteiger charge is -2.14. The van der Waals surface area contributed by atoms with E-state index in [-0.39, 0.29) is 29.6 Å². The SMILES string of the molecule is CCOc1ccc(OCC)c(S(=O)(=O)NCCOc2ccc(F)cc2)c1. The van der Waals surface area contributed by atoms with Crippen molar-refractivity contribution in [2.75, 3.05) is 26.4 Å². The lowest BCUT2D eigenvalue weighted by molar-refractivity contribution is 0.318. The van der Waals surface area contributed by atoms with Gasteiger partial charge in [-0.05, 0) is 50.2 Å². The topological polar surface area (TPSA) is 73.9 Å². The number of hydrogen-bond acceptors (Lipinski definition) is 5. The third kappa shape index (κ3) is 5.60. The van der Waals surface area contributed by atoms with Crippen LogP contribution in [-0.2, 0) is 10.0 Å². The molecule has 0 unspecified atom stereocenters. The van der Waals surface area contributed by atoms with Crippen molar-refractivity contribution in [2.24, 2.45) is 0 Å². The number of benzene rings is 2. The molecular formula is C18H22FNO5S. The third-order valence-electron chi connectivity index (χ3n) is 3.29. The van der Waals surface area contributed by atoms with Crippen LogP contribution in [0, 0.1) is 5.82 Å². The lowest BCUT2D eigenvalue weighted by Crippen LogP contribution is -2.28. The monoisotopic (exact) mass is 383 g/mol. The average Bonchev–Trinajstić information content (AvgIpc) is 2.62. The van der Waals surface area contributed by atoms with E-state index in [4.69, 9.17) is 14.2 Å². The zero-order chi connectivity index (χ0) is 19.0. The molecule has 0 aliphatic carbocycles. The summed E-state index contributed by atoms with van der Waals surface area (Å²) in [5.74, 6) is 0.788. The number of hydrogen-bond donors (Lipinski definition) is 1. The summed E-state index contributed by atoms with van der Waals surface area (Å²) in [6.07, 6.45) is 0. The number of ether oxygens (including phenoxy) is 3. The van der Waals surface area contributed by atoms with Crippen LogP contribution < -0.4 is 18.9 Å². The molecule has 142 valence electrons. The van der Waals surface area contributed by atoms with Gasteiger partial charge in [-0.15, -0.1) is 0 Å². The molecule has 0 spiro atoms. The van der Waals surface area contributed by atoms with E-state index < -0.39 is 10.0 Å². The van der Waals surface area contributed by atoms with Crippen LogP contribution in [-0.4, -0.2) is 34.8 Å². The highest BCUT2D eigenvalue weighted by atomic mass is 32.2. The molecule has 0 bridgehead atoms. The van der Waals surface area contributed by atoms with Gasteiger partial charge in [0.15, 0.2) is 0 Å². The van der Waals surface area contributed by atoms with E-state index >= 15 is 0 Å². The molecule has 0 aliphatic rings. The molecule has 0 amide bonds. The van der Waals surface area contributed by atoms with E-state index in [1.807, 2.05) is 6.92 Å². The Balaban J connectivity index is 2.03. The molecule has 0 atom stereocenters. The van der Waals surface area contributed by atoms with Crippen molar-refractivity contribution in [1.29, 1.82) is 0 Å². The summed E-state index contributed by atoms with van der Waals surface area (Å²) in [7, 11) is -3.81. The first kappa shape index (κ1) is 20.0. The summed E-state index contributed by atoms with van der Waals surface area (Å²) >= 11 is 0. The largest absolute Gasteiger partial charge is 0.494 e. The van der Waals surface area contributed by atoms with Crippen molar-refractivity contribution < 1.29 is 27.0 Å². The molecule has 6 nitrogen and oxygen atoms in total. The van der Waals surface area contributed by atoms with Crippen molar-refractivity contribution in [2.45, 2.75) is 18.7 Å². The first-order chi connectivity index (χ1) is 12.5. The Kier molecular flexibility index (Phi) is 7.23. The third-order valence-corrected chi connectivity index (χ3v) is 4.77. The molecule has 0 radical (unpaired) electrons. The minimum Gasteiger partial charge on any atom is -0.494 e. The smallest absolute Gasteiger partial charge is 0.244 e. The van der Waals surface area contributed by atoms with Crippen LogP contribution in [0.3, 0.4) is 0 Å². The van der Waals surface area contributed by atoms with Gasteiger partial charge in [-0.1, -0.05) is 0 Å². The number of sulfonamides is 1. The summed E-state index contributed by atoms with van der Waals surface area (Å²) in [4.78, 5) is 0.00656. The first-order valence-electron chi connectivity index (χ1n) is 8.24. The molecule has 1 N–H and O–H groups in total. The summed E-state index contributed by atoms with van der Waals surface area (Å²) in [6, 6.07) is 10.1. The Hall–Kier alpha value is -2.32. The van der Waals surface area contributed by atoms with Gasteiger partial charge in [0.1, 0.15) is 34.6 Å². The van der Waals surface area contributed by atoms with Crippen molar-refractivity contribution >= 4 is 10.0 Å². The van der Waals surface area contributed by atoms with E-state index in [1.165, 1.54) is 30.3 Å². The number of halogens is 1. The Labute approximate surface area is 152 Å². The predicted octanol–water partition coefficient (Wildman–Crippen LogP) is 2.98. The fraction of sp³-hybridized carbons (Fsp3) is 0.333. The highest BCUT2D eigenvalue weighted by Gasteiger charge is 2.20. The van der Waals surface area contributed by atoms with Crippen LogP contribution >= 0.6 is 0 Å². The van der Waals surface area contributed by atoms with E-state index in [0.717, 1.165) is 0 Å². The van der Waals surface area contributed by atoms with Gasteiger partial charge in [-0.3, -0.25) is 0 Å². The van der Waals surface area contributed by atoms with Crippen LogP contribution in [0.15, 0.2) is 47.4 Å². The Morgan fingerprint density at radius 1 is 0.923 bits per heavy atom. The maximum atomic E-state index is 12.8. The minimum atomic E-state index is -3.81. The van der Waals surface area contributed by atoms with E-state index in [9.17, 15) is 12.8 Å². The van der Waals surface area contributed by atoms with Crippen LogP contribution in [0.5, 0.6) is 17.2 Å². The highest BCUT2D eigenvalue weighted by molar-refractivity contribution is 7.89. The zero-order valence-corrected chi connectivity index (χ0v) is 15.5.